The maximum absolute atomic E-state index is 12.4. The van der Waals surface area contributed by atoms with E-state index in [1.54, 1.807) is 38.0 Å². The normalized spacial score (nSPS) is 16.8. The number of carbonyl (C=O) groups is 1. The van der Waals surface area contributed by atoms with E-state index in [-0.39, 0.29) is 11.4 Å². The van der Waals surface area contributed by atoms with Crippen LogP contribution in [0.1, 0.15) is 19.8 Å². The molecule has 0 saturated carbocycles. The third-order valence-corrected chi connectivity index (χ3v) is 4.34. The van der Waals surface area contributed by atoms with Gasteiger partial charge in [-0.25, -0.2) is 19.4 Å². The van der Waals surface area contributed by atoms with Crippen LogP contribution in [-0.2, 0) is 4.74 Å². The topological polar surface area (TPSA) is 85.2 Å². The Morgan fingerprint density at radius 1 is 1.33 bits per heavy atom. The second kappa shape index (κ2) is 6.96. The summed E-state index contributed by atoms with van der Waals surface area (Å²) in [5.74, 6) is 0.464. The molecule has 0 radical (unpaired) electrons. The molecule has 2 aromatic heterocycles. The minimum absolute atomic E-state index is 0.108. The quantitative estimate of drug-likeness (QED) is 0.926. The van der Waals surface area contributed by atoms with E-state index in [2.05, 4.69) is 27.3 Å². The van der Waals surface area contributed by atoms with Gasteiger partial charge in [-0.15, -0.1) is 0 Å². The predicted molar refractivity (Wildman–Crippen MR) is 89.0 cm³/mol. The summed E-state index contributed by atoms with van der Waals surface area (Å²) in [6, 6.07) is 1.63. The SMILES string of the molecule is COCC1(C)CCN(C(=O)Nc2cnn(-c3ncccn3)c2)CC1. The Balaban J connectivity index is 1.57. The number of nitrogens with zero attached hydrogens (tertiary/aromatic N) is 5. The maximum Gasteiger partial charge on any atom is 0.321 e. The molecule has 0 unspecified atom stereocenters. The van der Waals surface area contributed by atoms with Gasteiger partial charge in [0.25, 0.3) is 0 Å². The number of anilines is 1. The Morgan fingerprint density at radius 3 is 2.71 bits per heavy atom. The zero-order valence-electron chi connectivity index (χ0n) is 14.0. The number of hydrogen-bond acceptors (Lipinski definition) is 5. The number of carbonyl (C=O) groups excluding carboxylic acids is 1. The molecule has 1 aliphatic heterocycles. The Bertz CT molecular complexity index is 679. The number of methoxy groups -OCH3 is 1. The van der Waals surface area contributed by atoms with E-state index in [1.165, 1.54) is 4.68 Å². The summed E-state index contributed by atoms with van der Waals surface area (Å²) in [4.78, 5) is 22.5. The van der Waals surface area contributed by atoms with Gasteiger partial charge in [0.1, 0.15) is 0 Å². The maximum atomic E-state index is 12.4. The summed E-state index contributed by atoms with van der Waals surface area (Å²) in [5, 5.41) is 7.05. The molecular weight excluding hydrogens is 308 g/mol. The van der Waals surface area contributed by atoms with Crippen LogP contribution in [0.3, 0.4) is 0 Å². The van der Waals surface area contributed by atoms with Crippen LogP contribution in [0.5, 0.6) is 0 Å². The second-order valence-corrected chi connectivity index (χ2v) is 6.38. The van der Waals surface area contributed by atoms with Gasteiger partial charge in [-0.3, -0.25) is 0 Å². The number of nitrogens with one attached hydrogen (secondary N) is 1. The molecule has 1 aliphatic rings. The molecule has 0 aliphatic carbocycles. The first-order valence-electron chi connectivity index (χ1n) is 7.97. The van der Waals surface area contributed by atoms with E-state index in [1.807, 2.05) is 4.90 Å². The fraction of sp³-hybridized carbons (Fsp3) is 0.500. The van der Waals surface area contributed by atoms with E-state index >= 15 is 0 Å². The Kier molecular flexibility index (Phi) is 4.75. The number of likely N-dealkylation sites (tertiary alicyclic amines) is 1. The lowest BCUT2D eigenvalue weighted by Crippen LogP contribution is -2.45. The predicted octanol–water partition coefficient (Wildman–Crippen LogP) is 1.94. The van der Waals surface area contributed by atoms with Crippen LogP contribution in [0.25, 0.3) is 5.95 Å². The summed E-state index contributed by atoms with van der Waals surface area (Å²) in [5.41, 5.74) is 0.777. The number of amides is 2. The lowest BCUT2D eigenvalue weighted by Gasteiger charge is -2.38. The van der Waals surface area contributed by atoms with Gasteiger partial charge in [0.15, 0.2) is 0 Å². The van der Waals surface area contributed by atoms with E-state index in [0.29, 0.717) is 11.6 Å². The summed E-state index contributed by atoms with van der Waals surface area (Å²) < 4.78 is 6.81. The van der Waals surface area contributed by atoms with Crippen LogP contribution >= 0.6 is 0 Å². The summed E-state index contributed by atoms with van der Waals surface area (Å²) in [6.07, 6.45) is 8.45. The highest BCUT2D eigenvalue weighted by Gasteiger charge is 2.31. The van der Waals surface area contributed by atoms with Gasteiger partial charge in [-0.1, -0.05) is 6.92 Å². The standard InChI is InChI=1S/C16H22N6O2/c1-16(12-24-2)4-8-21(9-5-16)15(23)20-13-10-19-22(11-13)14-17-6-3-7-18-14/h3,6-7,10-11H,4-5,8-9,12H2,1-2H3,(H,20,23). The third kappa shape index (κ3) is 3.70. The number of ether oxygens (including phenoxy) is 1. The molecule has 2 aromatic rings. The molecule has 1 saturated heterocycles. The van der Waals surface area contributed by atoms with Crippen molar-refractivity contribution >= 4 is 11.7 Å². The molecule has 3 rings (SSSR count). The Labute approximate surface area is 140 Å². The largest absolute Gasteiger partial charge is 0.384 e. The zero-order chi connectivity index (χ0) is 17.0. The average molecular weight is 330 g/mol. The second-order valence-electron chi connectivity index (χ2n) is 6.38. The molecule has 1 fully saturated rings. The number of hydrogen-bond donors (Lipinski definition) is 1. The van der Waals surface area contributed by atoms with Gasteiger partial charge in [0, 0.05) is 32.6 Å². The van der Waals surface area contributed by atoms with Gasteiger partial charge in [-0.2, -0.15) is 5.10 Å². The van der Waals surface area contributed by atoms with Crippen molar-refractivity contribution in [1.29, 1.82) is 0 Å². The molecule has 0 bridgehead atoms. The van der Waals surface area contributed by atoms with Gasteiger partial charge < -0.3 is 15.0 Å². The van der Waals surface area contributed by atoms with Crippen molar-refractivity contribution in [2.24, 2.45) is 5.41 Å². The number of piperidine rings is 1. The van der Waals surface area contributed by atoms with Crippen LogP contribution in [0.4, 0.5) is 10.5 Å². The lowest BCUT2D eigenvalue weighted by atomic mass is 9.81. The van der Waals surface area contributed by atoms with Crippen molar-refractivity contribution in [2.45, 2.75) is 19.8 Å². The monoisotopic (exact) mass is 330 g/mol. The first kappa shape index (κ1) is 16.4. The highest BCUT2D eigenvalue weighted by atomic mass is 16.5. The van der Waals surface area contributed by atoms with Crippen molar-refractivity contribution in [1.82, 2.24) is 24.6 Å². The first-order chi connectivity index (χ1) is 11.6. The van der Waals surface area contributed by atoms with Crippen molar-refractivity contribution in [2.75, 3.05) is 32.1 Å². The molecule has 8 nitrogen and oxygen atoms in total. The number of urea groups is 1. The van der Waals surface area contributed by atoms with Crippen molar-refractivity contribution in [3.8, 4) is 5.95 Å². The van der Waals surface area contributed by atoms with Crippen LogP contribution in [0, 0.1) is 5.41 Å². The Hall–Kier alpha value is -2.48. The molecule has 24 heavy (non-hydrogen) atoms. The molecule has 0 spiro atoms. The summed E-state index contributed by atoms with van der Waals surface area (Å²) in [7, 11) is 1.72. The van der Waals surface area contributed by atoms with Crippen molar-refractivity contribution < 1.29 is 9.53 Å². The Morgan fingerprint density at radius 2 is 2.04 bits per heavy atom. The molecular formula is C16H22N6O2. The van der Waals surface area contributed by atoms with Gasteiger partial charge in [-0.05, 0) is 24.3 Å². The zero-order valence-corrected chi connectivity index (χ0v) is 14.0. The van der Waals surface area contributed by atoms with Gasteiger partial charge in [0.05, 0.1) is 24.7 Å². The molecule has 8 heteroatoms. The van der Waals surface area contributed by atoms with E-state index in [9.17, 15) is 4.79 Å². The molecule has 0 aromatic carbocycles. The van der Waals surface area contributed by atoms with Crippen LogP contribution in [0.2, 0.25) is 0 Å². The van der Waals surface area contributed by atoms with E-state index < -0.39 is 0 Å². The van der Waals surface area contributed by atoms with Crippen LogP contribution in [-0.4, -0.2) is 57.5 Å². The minimum atomic E-state index is -0.108. The van der Waals surface area contributed by atoms with Gasteiger partial charge >= 0.3 is 6.03 Å². The van der Waals surface area contributed by atoms with E-state index in [0.717, 1.165) is 32.5 Å². The third-order valence-electron chi connectivity index (χ3n) is 4.34. The van der Waals surface area contributed by atoms with Crippen LogP contribution < -0.4 is 5.32 Å². The van der Waals surface area contributed by atoms with Crippen molar-refractivity contribution in [3.63, 3.8) is 0 Å². The number of aromatic nitrogens is 4. The molecule has 128 valence electrons. The fourth-order valence-corrected chi connectivity index (χ4v) is 2.85. The first-order valence-corrected chi connectivity index (χ1v) is 7.97. The smallest absolute Gasteiger partial charge is 0.321 e. The highest BCUT2D eigenvalue weighted by molar-refractivity contribution is 5.89. The summed E-state index contributed by atoms with van der Waals surface area (Å²) in [6.45, 7) is 4.38. The van der Waals surface area contributed by atoms with Crippen LogP contribution in [0.15, 0.2) is 30.9 Å². The molecule has 2 amide bonds. The summed E-state index contributed by atoms with van der Waals surface area (Å²) >= 11 is 0. The van der Waals surface area contributed by atoms with E-state index in [4.69, 9.17) is 4.74 Å². The lowest BCUT2D eigenvalue weighted by molar-refractivity contribution is 0.0452. The highest BCUT2D eigenvalue weighted by Crippen LogP contribution is 2.31. The molecule has 0 atom stereocenters. The van der Waals surface area contributed by atoms with Crippen molar-refractivity contribution in [3.05, 3.63) is 30.9 Å². The minimum Gasteiger partial charge on any atom is -0.384 e. The molecule has 3 heterocycles. The van der Waals surface area contributed by atoms with Gasteiger partial charge in [0.2, 0.25) is 5.95 Å². The average Bonchev–Trinajstić information content (AvgIpc) is 3.05. The fourth-order valence-electron chi connectivity index (χ4n) is 2.85. The molecule has 1 N–H and O–H groups in total. The number of rotatable bonds is 4.